The molecule has 3 rings (SSSR count). The van der Waals surface area contributed by atoms with Crippen molar-refractivity contribution in [1.29, 1.82) is 0 Å². The van der Waals surface area contributed by atoms with Gasteiger partial charge in [-0.1, -0.05) is 57.2 Å². The molecule has 0 unspecified atom stereocenters. The van der Waals surface area contributed by atoms with Crippen LogP contribution in [0.1, 0.15) is 69.1 Å². The largest absolute Gasteiger partial charge is 0.452 e. The van der Waals surface area contributed by atoms with Crippen molar-refractivity contribution in [2.45, 2.75) is 82.0 Å². The number of ether oxygens (including phenoxy) is 1. The molecule has 0 saturated heterocycles. The summed E-state index contributed by atoms with van der Waals surface area (Å²) in [5, 5.41) is 19.8. The van der Waals surface area contributed by atoms with E-state index in [4.69, 9.17) is 10.5 Å². The number of halogens is 2. The highest BCUT2D eigenvalue weighted by Crippen LogP contribution is 2.31. The van der Waals surface area contributed by atoms with Crippen LogP contribution in [0.25, 0.3) is 0 Å². The third-order valence-corrected chi connectivity index (χ3v) is 10.4. The van der Waals surface area contributed by atoms with Crippen molar-refractivity contribution in [3.05, 3.63) is 101 Å². The number of methoxy groups -OCH3 is 1. The van der Waals surface area contributed by atoms with Gasteiger partial charge in [0, 0.05) is 24.5 Å². The molecule has 0 aliphatic heterocycles. The predicted molar refractivity (Wildman–Crippen MR) is 182 cm³/mol. The summed E-state index contributed by atoms with van der Waals surface area (Å²) in [5.41, 5.74) is 8.11. The van der Waals surface area contributed by atoms with Gasteiger partial charge < -0.3 is 20.7 Å². The molecule has 0 saturated carbocycles. The number of amides is 2. The lowest BCUT2D eigenvalue weighted by atomic mass is 9.84. The zero-order valence-electron chi connectivity index (χ0n) is 28.3. The molecule has 4 N–H and O–H groups in total. The molecule has 0 fully saturated rings. The molecule has 0 bridgehead atoms. The molecule has 3 atom stereocenters. The second kappa shape index (κ2) is 18.3. The lowest BCUT2D eigenvalue weighted by Gasteiger charge is -2.34. The third kappa shape index (κ3) is 10.1. The first kappa shape index (κ1) is 39.7. The van der Waals surface area contributed by atoms with Crippen LogP contribution in [0.4, 0.5) is 13.6 Å². The number of imide groups is 1. The number of aliphatic hydroxyl groups is 2. The van der Waals surface area contributed by atoms with Gasteiger partial charge in [-0.05, 0) is 84.7 Å². The highest BCUT2D eigenvalue weighted by Gasteiger charge is 2.38. The van der Waals surface area contributed by atoms with Gasteiger partial charge in [-0.2, -0.15) is 4.31 Å². The summed E-state index contributed by atoms with van der Waals surface area (Å²) < 4.78 is 61.4. The summed E-state index contributed by atoms with van der Waals surface area (Å²) in [6.07, 6.45) is 0.182. The van der Waals surface area contributed by atoms with Gasteiger partial charge in [-0.25, -0.2) is 26.9 Å². The summed E-state index contributed by atoms with van der Waals surface area (Å²) in [5.74, 6) is -2.67. The van der Waals surface area contributed by atoms with Crippen molar-refractivity contribution in [1.82, 2.24) is 9.21 Å². The van der Waals surface area contributed by atoms with E-state index in [0.29, 0.717) is 29.5 Å². The van der Waals surface area contributed by atoms with Crippen molar-refractivity contribution < 1.29 is 41.7 Å². The van der Waals surface area contributed by atoms with Gasteiger partial charge in [-0.3, -0.25) is 4.79 Å². The average Bonchev–Trinajstić information content (AvgIpc) is 3.09. The van der Waals surface area contributed by atoms with Gasteiger partial charge in [0.15, 0.2) is 0 Å². The van der Waals surface area contributed by atoms with E-state index in [9.17, 15) is 37.0 Å². The van der Waals surface area contributed by atoms with Crippen LogP contribution >= 0.6 is 0 Å². The van der Waals surface area contributed by atoms with Gasteiger partial charge in [0.25, 0.3) is 0 Å². The number of sulfonamides is 1. The highest BCUT2D eigenvalue weighted by atomic mass is 32.2. The Labute approximate surface area is 287 Å². The van der Waals surface area contributed by atoms with Crippen LogP contribution in [0.5, 0.6) is 0 Å². The van der Waals surface area contributed by atoms with Crippen molar-refractivity contribution in [3.8, 4) is 0 Å². The zero-order valence-corrected chi connectivity index (χ0v) is 29.2. The summed E-state index contributed by atoms with van der Waals surface area (Å²) in [4.78, 5) is 28.2. The summed E-state index contributed by atoms with van der Waals surface area (Å²) >= 11 is 0. The normalized spacial score (nSPS) is 13.8. The van der Waals surface area contributed by atoms with Gasteiger partial charge >= 0.3 is 6.09 Å². The second-order valence-corrected chi connectivity index (χ2v) is 14.3. The number of carbonyl (C=O) groups is 2. The number of nitrogens with two attached hydrogens (primary N) is 1. The van der Waals surface area contributed by atoms with Crippen LogP contribution in [-0.4, -0.2) is 78.2 Å². The maximum atomic E-state index is 14.1. The lowest BCUT2D eigenvalue weighted by Crippen LogP contribution is -2.53. The van der Waals surface area contributed by atoms with Gasteiger partial charge in [0.05, 0.1) is 31.3 Å². The molecule has 0 aliphatic carbocycles. The van der Waals surface area contributed by atoms with Gasteiger partial charge in [0.2, 0.25) is 15.9 Å². The predicted octanol–water partition coefficient (Wildman–Crippen LogP) is 5.17. The van der Waals surface area contributed by atoms with E-state index in [1.807, 2.05) is 13.8 Å². The Morgan fingerprint density at radius 2 is 1.37 bits per heavy atom. The Morgan fingerprint density at radius 1 is 0.857 bits per heavy atom. The number of carbonyl (C=O) groups excluding carboxylic acids is 2. The van der Waals surface area contributed by atoms with Crippen LogP contribution in [0.15, 0.2) is 77.7 Å². The molecule has 268 valence electrons. The number of rotatable bonds is 17. The molecule has 0 aromatic heterocycles. The van der Waals surface area contributed by atoms with Crippen molar-refractivity contribution in [2.24, 2.45) is 11.7 Å². The van der Waals surface area contributed by atoms with Crippen molar-refractivity contribution >= 4 is 22.0 Å². The third-order valence-electron chi connectivity index (χ3n) is 8.50. The van der Waals surface area contributed by atoms with Crippen LogP contribution < -0.4 is 5.73 Å². The first-order chi connectivity index (χ1) is 23.3. The lowest BCUT2D eigenvalue weighted by molar-refractivity contribution is -0.133. The van der Waals surface area contributed by atoms with E-state index < -0.39 is 64.3 Å². The minimum Gasteiger partial charge on any atom is -0.452 e. The molecule has 13 heteroatoms. The molecule has 0 spiro atoms. The Morgan fingerprint density at radius 3 is 1.80 bits per heavy atom. The Bertz CT molecular complexity index is 1560. The fourth-order valence-corrected chi connectivity index (χ4v) is 7.71. The Hall–Kier alpha value is -3.75. The first-order valence-electron chi connectivity index (χ1n) is 16.3. The van der Waals surface area contributed by atoms with Crippen LogP contribution in [0.2, 0.25) is 0 Å². The number of nitrogens with zero attached hydrogens (tertiary/aromatic N) is 2. The monoisotopic (exact) mass is 703 g/mol. The van der Waals surface area contributed by atoms with E-state index >= 15 is 0 Å². The van der Waals surface area contributed by atoms with Crippen molar-refractivity contribution in [2.75, 3.05) is 20.3 Å². The number of aliphatic hydroxyl groups excluding tert-OH is 2. The second-order valence-electron chi connectivity index (χ2n) is 12.4. The van der Waals surface area contributed by atoms with E-state index in [2.05, 4.69) is 0 Å². The highest BCUT2D eigenvalue weighted by molar-refractivity contribution is 7.89. The van der Waals surface area contributed by atoms with E-state index in [-0.39, 0.29) is 36.8 Å². The molecule has 49 heavy (non-hydrogen) atoms. The Balaban J connectivity index is 1.87. The number of hydrogen-bond acceptors (Lipinski definition) is 8. The number of hydrogen-bond donors (Lipinski definition) is 3. The fourth-order valence-electron chi connectivity index (χ4n) is 5.90. The van der Waals surface area contributed by atoms with E-state index in [1.165, 1.54) is 77.1 Å². The van der Waals surface area contributed by atoms with Gasteiger partial charge in [0.1, 0.15) is 11.6 Å². The molecule has 0 aliphatic rings. The first-order valence-corrected chi connectivity index (χ1v) is 17.7. The maximum absolute atomic E-state index is 14.1. The SMILES string of the molecule is CC[C@@H](CCC[C@@H](CO)N(CC(C)C)S(=O)(=O)c1ccc(CO)cc1)N(C(=O)OC)C(=O)[C@@H](N)C(c1ccc(F)cc1)c1ccc(F)cc1. The minimum absolute atomic E-state index is 0.0311. The van der Waals surface area contributed by atoms with Crippen molar-refractivity contribution in [3.63, 3.8) is 0 Å². The number of benzene rings is 3. The summed E-state index contributed by atoms with van der Waals surface area (Å²) in [6.45, 7) is 4.97. The van der Waals surface area contributed by atoms with E-state index in [1.54, 1.807) is 6.92 Å². The standard InChI is InChI=1S/C36H47F2N3O7S/c1-5-30(7-6-8-31(23-43)40(21-24(2)3)49(46,47)32-19-9-25(22-42)10-20-32)41(36(45)48-4)35(44)34(39)33(26-11-15-28(37)16-12-26)27-13-17-29(38)18-14-27/h9-20,24,30-31,33-34,42-43H,5-8,21-23,39H2,1-4H3/t30-,31-,34-/m0/s1. The quantitative estimate of drug-likeness (QED) is 0.174. The minimum atomic E-state index is -4.03. The molecule has 0 heterocycles. The van der Waals surface area contributed by atoms with Crippen LogP contribution in [-0.2, 0) is 26.2 Å². The Kier molecular flexibility index (Phi) is 14.8. The molecule has 3 aromatic rings. The summed E-state index contributed by atoms with van der Waals surface area (Å²) in [6, 6.07) is 13.8. The molecular formula is C36H47F2N3O7S. The molecule has 2 amide bonds. The smallest absolute Gasteiger partial charge is 0.416 e. The fraction of sp³-hybridized carbons (Fsp3) is 0.444. The van der Waals surface area contributed by atoms with Crippen LogP contribution in [0, 0.1) is 17.6 Å². The molecule has 3 aromatic carbocycles. The zero-order chi connectivity index (χ0) is 36.3. The topological polar surface area (TPSA) is 150 Å². The molecule has 0 radical (unpaired) electrons. The van der Waals surface area contributed by atoms with E-state index in [0.717, 1.165) is 12.0 Å². The molecule has 10 nitrogen and oxygen atoms in total. The van der Waals surface area contributed by atoms with Crippen LogP contribution in [0.3, 0.4) is 0 Å². The average molecular weight is 704 g/mol. The molecular weight excluding hydrogens is 656 g/mol. The maximum Gasteiger partial charge on any atom is 0.416 e. The van der Waals surface area contributed by atoms with Gasteiger partial charge in [-0.15, -0.1) is 0 Å². The summed E-state index contributed by atoms with van der Waals surface area (Å²) in [7, 11) is -2.88.